The van der Waals surface area contributed by atoms with E-state index in [1.165, 1.54) is 16.7 Å². The van der Waals surface area contributed by atoms with E-state index in [2.05, 4.69) is 56.4 Å². The zero-order valence-corrected chi connectivity index (χ0v) is 19.3. The van der Waals surface area contributed by atoms with Gasteiger partial charge in [0.15, 0.2) is 0 Å². The summed E-state index contributed by atoms with van der Waals surface area (Å²) in [4.78, 5) is 0. The summed E-state index contributed by atoms with van der Waals surface area (Å²) in [5.41, 5.74) is 7.28. The smallest absolute Gasteiger partial charge is 1.00 e. The number of allylic oxidation sites excluding steroid dienone is 1. The zero-order valence-electron chi connectivity index (χ0n) is 14.4. The summed E-state index contributed by atoms with van der Waals surface area (Å²) in [5, 5.41) is 0. The summed E-state index contributed by atoms with van der Waals surface area (Å²) in [6.07, 6.45) is 2.44. The van der Waals surface area contributed by atoms with Crippen molar-refractivity contribution in [3.8, 4) is 16.9 Å². The maximum Gasteiger partial charge on any atom is -1.00 e. The van der Waals surface area contributed by atoms with Gasteiger partial charge in [0, 0.05) is 0 Å². The third kappa shape index (κ3) is 4.43. The second kappa shape index (κ2) is 9.38. The number of rotatable bonds is 4. The Hall–Kier alpha value is -0.340. The van der Waals surface area contributed by atoms with E-state index in [0.717, 1.165) is 9.38 Å². The van der Waals surface area contributed by atoms with E-state index < -0.39 is 0 Å². The Labute approximate surface area is 169 Å². The Morgan fingerprint density at radius 1 is 1.00 bits per heavy atom. The van der Waals surface area contributed by atoms with Gasteiger partial charge in [0.1, 0.15) is 0 Å². The van der Waals surface area contributed by atoms with Crippen molar-refractivity contribution in [3.63, 3.8) is 0 Å². The topological polar surface area (TPSA) is 9.23 Å². The Bertz CT molecular complexity index is 714. The summed E-state index contributed by atoms with van der Waals surface area (Å²) in [5.74, 6) is 0.851. The first-order valence-corrected chi connectivity index (χ1v) is 15.2. The van der Waals surface area contributed by atoms with Crippen LogP contribution in [0.5, 0.6) is 5.75 Å². The predicted octanol–water partition coefficient (Wildman–Crippen LogP) is -0.838. The minimum absolute atomic E-state index is 0. The minimum atomic E-state index is -0.329. The normalized spacial score (nSPS) is 14.9. The van der Waals surface area contributed by atoms with Crippen molar-refractivity contribution in [2.45, 2.75) is 23.6 Å². The van der Waals surface area contributed by atoms with Crippen LogP contribution < -0.4 is 29.6 Å². The third-order valence-corrected chi connectivity index (χ3v) is 13.2. The first-order chi connectivity index (χ1) is 10.6. The average Bonchev–Trinajstić information content (AvgIpc) is 2.83. The molecule has 0 aliphatic heterocycles. The van der Waals surface area contributed by atoms with E-state index in [9.17, 15) is 0 Å². The van der Waals surface area contributed by atoms with Crippen molar-refractivity contribution in [2.24, 2.45) is 0 Å². The van der Waals surface area contributed by atoms with Crippen LogP contribution in [0.25, 0.3) is 17.2 Å². The van der Waals surface area contributed by atoms with E-state index in [4.69, 9.17) is 4.74 Å². The van der Waals surface area contributed by atoms with Crippen LogP contribution in [-0.2, 0) is 22.4 Å². The van der Waals surface area contributed by atoms with Gasteiger partial charge in [-0.25, -0.2) is 0 Å². The molecule has 0 amide bonds. The largest absolute Gasteiger partial charge is 1.00 e. The molecule has 2 aromatic carbocycles. The monoisotopic (exact) mass is 453 g/mol. The number of methoxy groups -OCH3 is 1. The summed E-state index contributed by atoms with van der Waals surface area (Å²) in [6, 6.07) is 15.3. The SMILES string of the molecule is COc1ccc(-c2cccc3c2C=C(C)[CH]3[Zr+2][Si](C)C)cc1.[Cl-].[Cl-]. The molecule has 0 saturated heterocycles. The van der Waals surface area contributed by atoms with E-state index >= 15 is 0 Å². The zero-order chi connectivity index (χ0) is 15.7. The van der Waals surface area contributed by atoms with Gasteiger partial charge < -0.3 is 24.8 Å². The fourth-order valence-corrected chi connectivity index (χ4v) is 11.9. The number of hydrogen-bond acceptors (Lipinski definition) is 1. The minimum Gasteiger partial charge on any atom is -1.00 e. The second-order valence-corrected chi connectivity index (χ2v) is 19.2. The van der Waals surface area contributed by atoms with Crippen LogP contribution in [0, 0.1) is 0 Å². The number of fused-ring (bicyclic) bond motifs is 1. The molecule has 0 fully saturated rings. The summed E-state index contributed by atoms with van der Waals surface area (Å²) < 4.78 is 6.07. The Morgan fingerprint density at radius 3 is 2.25 bits per heavy atom. The molecule has 0 heterocycles. The number of halogens is 2. The van der Waals surface area contributed by atoms with Gasteiger partial charge in [-0.1, -0.05) is 0 Å². The molecule has 1 aliphatic carbocycles. The van der Waals surface area contributed by atoms with Crippen LogP contribution >= 0.6 is 0 Å². The Morgan fingerprint density at radius 2 is 1.67 bits per heavy atom. The fraction of sp³-hybridized carbons (Fsp3) is 0.263. The van der Waals surface area contributed by atoms with Crippen molar-refractivity contribution in [1.82, 2.24) is 0 Å². The molecule has 1 unspecified atom stereocenters. The van der Waals surface area contributed by atoms with Crippen LogP contribution in [0.1, 0.15) is 21.7 Å². The van der Waals surface area contributed by atoms with Crippen LogP contribution in [-0.4, -0.2) is 13.0 Å². The summed E-state index contributed by atoms with van der Waals surface area (Å²) in [6.45, 7) is 7.29. The first kappa shape index (κ1) is 21.7. The maximum absolute atomic E-state index is 5.27. The van der Waals surface area contributed by atoms with Gasteiger partial charge in [0.25, 0.3) is 0 Å². The number of ether oxygens (including phenoxy) is 1. The maximum atomic E-state index is 5.27. The molecule has 1 aliphatic rings. The molecular formula is C19H21Cl2OSiZr. The average molecular weight is 456 g/mol. The van der Waals surface area contributed by atoms with Gasteiger partial charge >= 0.3 is 146 Å². The molecule has 2 aromatic rings. The fourth-order valence-electron chi connectivity index (χ4n) is 3.05. The second-order valence-electron chi connectivity index (χ2n) is 6.00. The Balaban J connectivity index is 0.00000144. The molecule has 1 radical (unpaired) electrons. The van der Waals surface area contributed by atoms with Crippen LogP contribution in [0.3, 0.4) is 0 Å². The first-order valence-electron chi connectivity index (χ1n) is 7.62. The van der Waals surface area contributed by atoms with Gasteiger partial charge in [0.05, 0.1) is 0 Å². The van der Waals surface area contributed by atoms with Gasteiger partial charge in [-0.05, 0) is 0 Å². The molecule has 0 bridgehead atoms. The van der Waals surface area contributed by atoms with Gasteiger partial charge in [0.2, 0.25) is 0 Å². The summed E-state index contributed by atoms with van der Waals surface area (Å²) in [7, 11) is 1.71. The molecule has 0 saturated carbocycles. The molecule has 125 valence electrons. The molecule has 3 rings (SSSR count). The van der Waals surface area contributed by atoms with Gasteiger partial charge in [-0.3, -0.25) is 0 Å². The van der Waals surface area contributed by atoms with E-state index in [0.29, 0.717) is 0 Å². The van der Waals surface area contributed by atoms with Crippen molar-refractivity contribution in [1.29, 1.82) is 0 Å². The quantitative estimate of drug-likeness (QED) is 0.547. The Kier molecular flexibility index (Phi) is 8.48. The molecule has 5 heteroatoms. The molecular weight excluding hydrogens is 434 g/mol. The molecule has 0 aromatic heterocycles. The van der Waals surface area contributed by atoms with E-state index in [-0.39, 0.29) is 53.1 Å². The van der Waals surface area contributed by atoms with Crippen molar-refractivity contribution < 1.29 is 51.9 Å². The number of benzene rings is 2. The van der Waals surface area contributed by atoms with Crippen LogP contribution in [0.2, 0.25) is 13.1 Å². The molecule has 1 nitrogen and oxygen atoms in total. The number of hydrogen-bond donors (Lipinski definition) is 0. The van der Waals surface area contributed by atoms with Crippen LogP contribution in [0.4, 0.5) is 0 Å². The molecule has 1 atom stereocenters. The predicted molar refractivity (Wildman–Crippen MR) is 92.3 cm³/mol. The standard InChI is InChI=1S/C17H15O.C2H6Si.2ClH.Zr/c1-12-10-14-4-3-5-16(17(14)11-12)13-6-8-15(18-2)9-7-13;1-3-2;;;/h3-11H,1-2H3;1-2H3;2*1H;/q;;;;+2/p-2. The van der Waals surface area contributed by atoms with Gasteiger partial charge in [-0.15, -0.1) is 0 Å². The van der Waals surface area contributed by atoms with Crippen molar-refractivity contribution >= 4 is 12.0 Å². The van der Waals surface area contributed by atoms with Crippen molar-refractivity contribution in [3.05, 3.63) is 59.2 Å². The third-order valence-electron chi connectivity index (χ3n) is 4.11. The molecule has 0 N–H and O–H groups in total. The summed E-state index contributed by atoms with van der Waals surface area (Å²) >= 11 is -0.329. The van der Waals surface area contributed by atoms with E-state index in [1.54, 1.807) is 18.2 Å². The van der Waals surface area contributed by atoms with Crippen LogP contribution in [0.15, 0.2) is 48.0 Å². The molecule has 24 heavy (non-hydrogen) atoms. The van der Waals surface area contributed by atoms with Gasteiger partial charge in [-0.2, -0.15) is 0 Å². The van der Waals surface area contributed by atoms with E-state index in [1.807, 2.05) is 12.1 Å². The van der Waals surface area contributed by atoms with Crippen molar-refractivity contribution in [2.75, 3.05) is 7.11 Å². The molecule has 0 spiro atoms.